The number of hydrazine groups is 1. The maximum atomic E-state index is 12.2. The first-order chi connectivity index (χ1) is 10.1. The highest BCUT2D eigenvalue weighted by atomic mass is 35.5. The summed E-state index contributed by atoms with van der Waals surface area (Å²) in [6.45, 7) is -2.85. The van der Waals surface area contributed by atoms with Gasteiger partial charge in [-0.1, -0.05) is 35.9 Å². The van der Waals surface area contributed by atoms with Crippen molar-refractivity contribution in [2.45, 2.75) is 19.1 Å². The van der Waals surface area contributed by atoms with Crippen LogP contribution in [0.1, 0.15) is 17.2 Å². The van der Waals surface area contributed by atoms with Gasteiger partial charge in [-0.2, -0.15) is 8.78 Å². The van der Waals surface area contributed by atoms with E-state index in [1.165, 1.54) is 6.07 Å². The minimum atomic E-state index is -2.85. The molecule has 112 valence electrons. The molecule has 3 N–H and O–H groups in total. The first-order valence-electron chi connectivity index (χ1n) is 6.34. The van der Waals surface area contributed by atoms with Crippen molar-refractivity contribution >= 4 is 11.6 Å². The third-order valence-corrected chi connectivity index (χ3v) is 3.25. The maximum absolute atomic E-state index is 12.2. The van der Waals surface area contributed by atoms with E-state index in [1.54, 1.807) is 24.3 Å². The number of halogens is 3. The Bertz CT molecular complexity index is 595. The van der Waals surface area contributed by atoms with Crippen LogP contribution in [-0.4, -0.2) is 6.61 Å². The summed E-state index contributed by atoms with van der Waals surface area (Å²) in [5, 5.41) is 0.637. The molecular formula is C15H15ClF2N2O. The van der Waals surface area contributed by atoms with Gasteiger partial charge in [0.25, 0.3) is 0 Å². The monoisotopic (exact) mass is 312 g/mol. The zero-order chi connectivity index (χ0) is 15.2. The summed E-state index contributed by atoms with van der Waals surface area (Å²) < 4.78 is 28.9. The van der Waals surface area contributed by atoms with E-state index in [0.29, 0.717) is 11.4 Å². The third-order valence-electron chi connectivity index (χ3n) is 3.02. The van der Waals surface area contributed by atoms with E-state index >= 15 is 0 Å². The van der Waals surface area contributed by atoms with Gasteiger partial charge >= 0.3 is 6.61 Å². The lowest BCUT2D eigenvalue weighted by molar-refractivity contribution is -0.0499. The van der Waals surface area contributed by atoms with Crippen LogP contribution in [0, 0.1) is 0 Å². The Hall–Kier alpha value is -1.69. The third kappa shape index (κ3) is 4.67. The smallest absolute Gasteiger partial charge is 0.387 e. The van der Waals surface area contributed by atoms with E-state index < -0.39 is 6.61 Å². The molecule has 0 bridgehead atoms. The topological polar surface area (TPSA) is 47.3 Å². The van der Waals surface area contributed by atoms with Crippen molar-refractivity contribution in [3.63, 3.8) is 0 Å². The van der Waals surface area contributed by atoms with Crippen LogP contribution in [0.25, 0.3) is 0 Å². The Balaban J connectivity index is 2.17. The van der Waals surface area contributed by atoms with Gasteiger partial charge in [0.05, 0.1) is 6.04 Å². The van der Waals surface area contributed by atoms with Crippen molar-refractivity contribution in [2.24, 2.45) is 5.84 Å². The van der Waals surface area contributed by atoms with Gasteiger partial charge < -0.3 is 4.74 Å². The van der Waals surface area contributed by atoms with Gasteiger partial charge in [-0.25, -0.2) is 0 Å². The summed E-state index contributed by atoms with van der Waals surface area (Å²) in [5.74, 6) is 5.68. The Morgan fingerprint density at radius 2 is 1.90 bits per heavy atom. The molecule has 0 saturated carbocycles. The molecule has 0 aromatic heterocycles. The van der Waals surface area contributed by atoms with Crippen molar-refractivity contribution in [2.75, 3.05) is 0 Å². The van der Waals surface area contributed by atoms with Crippen LogP contribution in [0.4, 0.5) is 8.78 Å². The minimum absolute atomic E-state index is 0.105. The fraction of sp³-hybridized carbons (Fsp3) is 0.200. The SMILES string of the molecule is NNC(Cc1cccc(Cl)c1)c1cccc(OC(F)F)c1. The summed E-state index contributed by atoms with van der Waals surface area (Å²) in [7, 11) is 0. The minimum Gasteiger partial charge on any atom is -0.435 e. The van der Waals surface area contributed by atoms with Crippen molar-refractivity contribution in [3.8, 4) is 5.75 Å². The molecule has 0 spiro atoms. The summed E-state index contributed by atoms with van der Waals surface area (Å²) >= 11 is 5.95. The Morgan fingerprint density at radius 1 is 1.14 bits per heavy atom. The lowest BCUT2D eigenvalue weighted by Crippen LogP contribution is -2.29. The summed E-state index contributed by atoms with van der Waals surface area (Å²) in [6, 6.07) is 13.6. The van der Waals surface area contributed by atoms with Crippen molar-refractivity contribution in [1.82, 2.24) is 5.43 Å². The Kier molecular flexibility index (Phi) is 5.50. The highest BCUT2D eigenvalue weighted by Crippen LogP contribution is 2.24. The predicted molar refractivity (Wildman–Crippen MR) is 78.3 cm³/mol. The van der Waals surface area contributed by atoms with Crippen LogP contribution in [0.15, 0.2) is 48.5 Å². The molecule has 0 aliphatic heterocycles. The number of rotatable bonds is 6. The molecule has 1 atom stereocenters. The number of benzene rings is 2. The number of alkyl halides is 2. The summed E-state index contributed by atoms with van der Waals surface area (Å²) in [4.78, 5) is 0. The van der Waals surface area contributed by atoms with Crippen LogP contribution in [-0.2, 0) is 6.42 Å². The second kappa shape index (κ2) is 7.36. The van der Waals surface area contributed by atoms with E-state index in [2.05, 4.69) is 10.2 Å². The molecule has 0 aliphatic carbocycles. The van der Waals surface area contributed by atoms with E-state index in [1.807, 2.05) is 18.2 Å². The van der Waals surface area contributed by atoms with E-state index in [9.17, 15) is 8.78 Å². The van der Waals surface area contributed by atoms with Crippen LogP contribution in [0.3, 0.4) is 0 Å². The number of hydrogen-bond donors (Lipinski definition) is 2. The zero-order valence-electron chi connectivity index (χ0n) is 11.1. The number of ether oxygens (including phenoxy) is 1. The first-order valence-corrected chi connectivity index (χ1v) is 6.71. The van der Waals surface area contributed by atoms with E-state index in [0.717, 1.165) is 11.1 Å². The summed E-state index contributed by atoms with van der Waals surface area (Å²) in [5.41, 5.74) is 4.43. The molecular weight excluding hydrogens is 298 g/mol. The van der Waals surface area contributed by atoms with Gasteiger partial charge in [-0.05, 0) is 41.8 Å². The number of nitrogens with one attached hydrogen (secondary N) is 1. The summed E-state index contributed by atoms with van der Waals surface area (Å²) in [6.07, 6.45) is 0.579. The van der Waals surface area contributed by atoms with Crippen molar-refractivity contribution < 1.29 is 13.5 Å². The molecule has 3 nitrogen and oxygen atoms in total. The highest BCUT2D eigenvalue weighted by molar-refractivity contribution is 6.30. The van der Waals surface area contributed by atoms with Crippen molar-refractivity contribution in [1.29, 1.82) is 0 Å². The molecule has 2 aromatic rings. The molecule has 2 rings (SSSR count). The van der Waals surface area contributed by atoms with Crippen LogP contribution < -0.4 is 16.0 Å². The molecule has 6 heteroatoms. The molecule has 21 heavy (non-hydrogen) atoms. The molecule has 0 radical (unpaired) electrons. The van der Waals surface area contributed by atoms with Crippen LogP contribution in [0.5, 0.6) is 5.75 Å². The van der Waals surface area contributed by atoms with Crippen molar-refractivity contribution in [3.05, 3.63) is 64.7 Å². The Labute approximate surface area is 126 Å². The normalized spacial score (nSPS) is 12.4. The van der Waals surface area contributed by atoms with Gasteiger partial charge in [-0.15, -0.1) is 0 Å². The van der Waals surface area contributed by atoms with Gasteiger partial charge in [-0.3, -0.25) is 11.3 Å². The predicted octanol–water partition coefficient (Wildman–Crippen LogP) is 3.69. The molecule has 0 aliphatic rings. The van der Waals surface area contributed by atoms with Crippen LogP contribution in [0.2, 0.25) is 5.02 Å². The van der Waals surface area contributed by atoms with E-state index in [4.69, 9.17) is 17.4 Å². The number of nitrogens with two attached hydrogens (primary N) is 1. The van der Waals surface area contributed by atoms with Gasteiger partial charge in [0.15, 0.2) is 0 Å². The van der Waals surface area contributed by atoms with E-state index in [-0.39, 0.29) is 11.8 Å². The average molecular weight is 313 g/mol. The molecule has 1 unspecified atom stereocenters. The van der Waals surface area contributed by atoms with Gasteiger partial charge in [0, 0.05) is 5.02 Å². The molecule has 0 saturated heterocycles. The lowest BCUT2D eigenvalue weighted by Gasteiger charge is -2.17. The number of hydrogen-bond acceptors (Lipinski definition) is 3. The fourth-order valence-corrected chi connectivity index (χ4v) is 2.29. The van der Waals surface area contributed by atoms with Gasteiger partial charge in [0.1, 0.15) is 5.75 Å². The molecule has 2 aromatic carbocycles. The average Bonchev–Trinajstić information content (AvgIpc) is 2.44. The van der Waals surface area contributed by atoms with Gasteiger partial charge in [0.2, 0.25) is 0 Å². The first kappa shape index (κ1) is 15.7. The Morgan fingerprint density at radius 3 is 2.57 bits per heavy atom. The zero-order valence-corrected chi connectivity index (χ0v) is 11.9. The molecule has 0 amide bonds. The maximum Gasteiger partial charge on any atom is 0.387 e. The van der Waals surface area contributed by atoms with Crippen LogP contribution >= 0.6 is 11.6 Å². The molecule has 0 heterocycles. The highest BCUT2D eigenvalue weighted by Gasteiger charge is 2.13. The fourth-order valence-electron chi connectivity index (χ4n) is 2.08. The largest absolute Gasteiger partial charge is 0.435 e. The standard InChI is InChI=1S/C15H15ClF2N2O/c16-12-5-1-3-10(7-12)8-14(20-19)11-4-2-6-13(9-11)21-15(17)18/h1-7,9,14-15,20H,8,19H2. The second-order valence-electron chi connectivity index (χ2n) is 4.50. The quantitative estimate of drug-likeness (QED) is 0.632. The molecule has 0 fully saturated rings. The lowest BCUT2D eigenvalue weighted by atomic mass is 9.99. The second-order valence-corrected chi connectivity index (χ2v) is 4.94.